The van der Waals surface area contributed by atoms with Gasteiger partial charge in [0.1, 0.15) is 11.5 Å². The number of amides is 2. The Balaban J connectivity index is 1.35. The predicted molar refractivity (Wildman–Crippen MR) is 121 cm³/mol. The normalized spacial score (nSPS) is 10.6. The van der Waals surface area contributed by atoms with Gasteiger partial charge >= 0.3 is 0 Å². The molecule has 0 saturated carbocycles. The summed E-state index contributed by atoms with van der Waals surface area (Å²) in [7, 11) is 0. The molecule has 3 aromatic carbocycles. The zero-order valence-electron chi connectivity index (χ0n) is 17.4. The average Bonchev–Trinajstić information content (AvgIpc) is 3.24. The van der Waals surface area contributed by atoms with E-state index in [1.165, 1.54) is 18.2 Å². The Labute approximate surface area is 184 Å². The zero-order valence-corrected chi connectivity index (χ0v) is 17.4. The fourth-order valence-corrected chi connectivity index (χ4v) is 3.14. The van der Waals surface area contributed by atoms with Crippen LogP contribution in [-0.4, -0.2) is 21.4 Å². The highest BCUT2D eigenvalue weighted by atomic mass is 19.1. The summed E-state index contributed by atoms with van der Waals surface area (Å²) in [5.74, 6) is -1.00. The van der Waals surface area contributed by atoms with Gasteiger partial charge in [-0.25, -0.2) is 9.37 Å². The van der Waals surface area contributed by atoms with E-state index >= 15 is 0 Å². The predicted octanol–water partition coefficient (Wildman–Crippen LogP) is 4.88. The summed E-state index contributed by atoms with van der Waals surface area (Å²) in [6, 6.07) is 20.5. The molecule has 0 radical (unpaired) electrons. The van der Waals surface area contributed by atoms with Crippen molar-refractivity contribution in [3.8, 4) is 0 Å². The van der Waals surface area contributed by atoms with Gasteiger partial charge in [0, 0.05) is 29.7 Å². The number of carbonyl (C=O) groups excluding carboxylic acids is 2. The molecule has 2 N–H and O–H groups in total. The first-order valence-electron chi connectivity index (χ1n) is 10.0. The third-order valence-electron chi connectivity index (χ3n) is 4.84. The third kappa shape index (κ3) is 5.26. The minimum Gasteiger partial charge on any atom is -0.332 e. The van der Waals surface area contributed by atoms with Crippen LogP contribution in [0, 0.1) is 12.7 Å². The van der Waals surface area contributed by atoms with Crippen molar-refractivity contribution in [2.45, 2.75) is 13.5 Å². The van der Waals surface area contributed by atoms with Gasteiger partial charge in [0.05, 0.1) is 6.33 Å². The lowest BCUT2D eigenvalue weighted by atomic mass is 10.1. The van der Waals surface area contributed by atoms with Crippen LogP contribution in [0.1, 0.15) is 32.0 Å². The van der Waals surface area contributed by atoms with Crippen molar-refractivity contribution < 1.29 is 14.0 Å². The molecule has 7 heteroatoms. The fraction of sp³-hybridized carbons (Fsp3) is 0.0800. The molecular formula is C25H21FN4O2. The van der Waals surface area contributed by atoms with Gasteiger partial charge in [0.15, 0.2) is 0 Å². The lowest BCUT2D eigenvalue weighted by Crippen LogP contribution is -2.12. The van der Waals surface area contributed by atoms with Crippen molar-refractivity contribution in [2.75, 3.05) is 10.6 Å². The first kappa shape index (κ1) is 21.0. The first-order chi connectivity index (χ1) is 15.5. The molecule has 0 aliphatic rings. The Kier molecular flexibility index (Phi) is 6.07. The molecule has 0 unspecified atom stereocenters. The lowest BCUT2D eigenvalue weighted by molar-refractivity contribution is 0.101. The largest absolute Gasteiger partial charge is 0.332 e. The monoisotopic (exact) mass is 428 g/mol. The highest BCUT2D eigenvalue weighted by Gasteiger charge is 2.11. The van der Waals surface area contributed by atoms with Crippen LogP contribution in [0.4, 0.5) is 15.8 Å². The van der Waals surface area contributed by atoms with E-state index < -0.39 is 11.7 Å². The number of benzene rings is 3. The van der Waals surface area contributed by atoms with E-state index in [0.717, 1.165) is 11.1 Å². The number of aryl methyl sites for hydroxylation is 1. The van der Waals surface area contributed by atoms with Crippen LogP contribution < -0.4 is 10.6 Å². The number of rotatable bonds is 6. The van der Waals surface area contributed by atoms with Gasteiger partial charge in [0.25, 0.3) is 11.8 Å². The SMILES string of the molecule is Cc1ccc(C(=O)Nc2ccc(Cn3cnc(C(=O)Nc4cccc(F)c4)c3)cc2)cc1. The maximum absolute atomic E-state index is 13.3. The van der Waals surface area contributed by atoms with Gasteiger partial charge in [-0.15, -0.1) is 0 Å². The van der Waals surface area contributed by atoms with Crippen molar-refractivity contribution in [1.29, 1.82) is 0 Å². The van der Waals surface area contributed by atoms with Crippen LogP contribution in [0.25, 0.3) is 0 Å². The van der Waals surface area contributed by atoms with Crippen molar-refractivity contribution in [3.63, 3.8) is 0 Å². The number of carbonyl (C=O) groups is 2. The van der Waals surface area contributed by atoms with Crippen molar-refractivity contribution in [1.82, 2.24) is 9.55 Å². The van der Waals surface area contributed by atoms with Gasteiger partial charge in [-0.1, -0.05) is 35.9 Å². The third-order valence-corrected chi connectivity index (χ3v) is 4.84. The first-order valence-corrected chi connectivity index (χ1v) is 10.0. The number of hydrogen-bond donors (Lipinski definition) is 2. The second-order valence-corrected chi connectivity index (χ2v) is 7.41. The Bertz CT molecular complexity index is 1250. The number of hydrogen-bond acceptors (Lipinski definition) is 3. The molecule has 0 saturated heterocycles. The molecule has 0 bridgehead atoms. The number of anilines is 2. The van der Waals surface area contributed by atoms with E-state index in [1.807, 2.05) is 43.3 Å². The van der Waals surface area contributed by atoms with Gasteiger partial charge in [-0.2, -0.15) is 0 Å². The van der Waals surface area contributed by atoms with Crippen molar-refractivity contribution >= 4 is 23.2 Å². The van der Waals surface area contributed by atoms with Crippen LogP contribution in [0.15, 0.2) is 85.3 Å². The summed E-state index contributed by atoms with van der Waals surface area (Å²) >= 11 is 0. The molecule has 2 amide bonds. The standard InChI is InChI=1S/C25H21FN4O2/c1-17-5-9-19(10-6-17)24(31)28-21-11-7-18(8-12-21)14-30-15-23(27-16-30)25(32)29-22-4-2-3-20(26)13-22/h2-13,15-16H,14H2,1H3,(H,28,31)(H,29,32). The topological polar surface area (TPSA) is 76.0 Å². The molecule has 4 aromatic rings. The molecular weight excluding hydrogens is 407 g/mol. The number of nitrogens with one attached hydrogen (secondary N) is 2. The van der Waals surface area contributed by atoms with E-state index in [1.54, 1.807) is 35.3 Å². The van der Waals surface area contributed by atoms with E-state index in [0.29, 0.717) is 23.5 Å². The number of imidazole rings is 1. The number of nitrogens with zero attached hydrogens (tertiary/aromatic N) is 2. The minimum absolute atomic E-state index is 0.165. The summed E-state index contributed by atoms with van der Waals surface area (Å²) in [5, 5.41) is 5.50. The van der Waals surface area contributed by atoms with Gasteiger partial charge in [0.2, 0.25) is 0 Å². The van der Waals surface area contributed by atoms with Crippen LogP contribution in [0.2, 0.25) is 0 Å². The smallest absolute Gasteiger partial charge is 0.275 e. The summed E-state index contributed by atoms with van der Waals surface area (Å²) < 4.78 is 15.0. The molecule has 4 rings (SSSR count). The molecule has 1 aromatic heterocycles. The molecule has 160 valence electrons. The van der Waals surface area contributed by atoms with E-state index in [4.69, 9.17) is 0 Å². The molecule has 32 heavy (non-hydrogen) atoms. The van der Waals surface area contributed by atoms with Gasteiger partial charge < -0.3 is 15.2 Å². The molecule has 6 nitrogen and oxygen atoms in total. The molecule has 0 fully saturated rings. The highest BCUT2D eigenvalue weighted by Crippen LogP contribution is 2.14. The van der Waals surface area contributed by atoms with Crippen molar-refractivity contribution in [2.24, 2.45) is 0 Å². The van der Waals surface area contributed by atoms with Crippen LogP contribution in [-0.2, 0) is 6.54 Å². The Hall–Kier alpha value is -4.26. The molecule has 0 aliphatic heterocycles. The summed E-state index contributed by atoms with van der Waals surface area (Å²) in [6.07, 6.45) is 3.19. The molecule has 0 atom stereocenters. The fourth-order valence-electron chi connectivity index (χ4n) is 3.14. The highest BCUT2D eigenvalue weighted by molar-refractivity contribution is 6.04. The van der Waals surface area contributed by atoms with E-state index in [9.17, 15) is 14.0 Å². The van der Waals surface area contributed by atoms with Gasteiger partial charge in [-0.05, 0) is 55.0 Å². The second kappa shape index (κ2) is 9.26. The maximum Gasteiger partial charge on any atom is 0.275 e. The Morgan fingerprint density at radius 3 is 2.34 bits per heavy atom. The summed E-state index contributed by atoms with van der Waals surface area (Å²) in [4.78, 5) is 28.8. The molecule has 1 heterocycles. The Morgan fingerprint density at radius 1 is 0.906 bits per heavy atom. The molecule has 0 aliphatic carbocycles. The average molecular weight is 428 g/mol. The number of aromatic nitrogens is 2. The zero-order chi connectivity index (χ0) is 22.5. The lowest BCUT2D eigenvalue weighted by Gasteiger charge is -2.07. The van der Waals surface area contributed by atoms with E-state index in [2.05, 4.69) is 15.6 Å². The van der Waals surface area contributed by atoms with Gasteiger partial charge in [-0.3, -0.25) is 9.59 Å². The van der Waals surface area contributed by atoms with Crippen LogP contribution >= 0.6 is 0 Å². The minimum atomic E-state index is -0.424. The van der Waals surface area contributed by atoms with Crippen molar-refractivity contribution in [3.05, 3.63) is 114 Å². The number of halogens is 1. The maximum atomic E-state index is 13.3. The van der Waals surface area contributed by atoms with E-state index in [-0.39, 0.29) is 11.6 Å². The molecule has 0 spiro atoms. The Morgan fingerprint density at radius 2 is 1.62 bits per heavy atom. The van der Waals surface area contributed by atoms with Crippen LogP contribution in [0.3, 0.4) is 0 Å². The summed E-state index contributed by atoms with van der Waals surface area (Å²) in [5.41, 5.74) is 3.97. The van der Waals surface area contributed by atoms with Crippen LogP contribution in [0.5, 0.6) is 0 Å². The quantitative estimate of drug-likeness (QED) is 0.459. The summed E-state index contributed by atoms with van der Waals surface area (Å²) in [6.45, 7) is 2.48. The second-order valence-electron chi connectivity index (χ2n) is 7.41.